The first-order chi connectivity index (χ1) is 15.9. The third-order valence-electron chi connectivity index (χ3n) is 4.94. The van der Waals surface area contributed by atoms with Gasteiger partial charge in [0, 0.05) is 12.6 Å². The molecule has 11 nitrogen and oxygen atoms in total. The van der Waals surface area contributed by atoms with Crippen molar-refractivity contribution in [3.05, 3.63) is 76.7 Å². The van der Waals surface area contributed by atoms with Gasteiger partial charge in [-0.3, -0.25) is 14.3 Å². The second kappa shape index (κ2) is 9.30. The van der Waals surface area contributed by atoms with E-state index in [-0.39, 0.29) is 17.8 Å². The molecular weight excluding hydrogens is 426 g/mol. The lowest BCUT2D eigenvalue weighted by molar-refractivity contribution is -0.148. The molecule has 0 saturated heterocycles. The van der Waals surface area contributed by atoms with Crippen LogP contribution in [-0.4, -0.2) is 48.1 Å². The van der Waals surface area contributed by atoms with E-state index < -0.39 is 18.5 Å². The highest BCUT2D eigenvalue weighted by Gasteiger charge is 2.19. The number of hydrogen-bond donors (Lipinski definition) is 1. The van der Waals surface area contributed by atoms with Gasteiger partial charge in [-0.25, -0.2) is 9.48 Å². The van der Waals surface area contributed by atoms with Gasteiger partial charge in [-0.2, -0.15) is 4.80 Å². The number of hydrogen-bond acceptors (Lipinski definition) is 7. The molecule has 0 unspecified atom stereocenters. The minimum Gasteiger partial charge on any atom is -0.454 e. The van der Waals surface area contributed by atoms with Crippen LogP contribution in [0.3, 0.4) is 0 Å². The topological polar surface area (TPSA) is 126 Å². The summed E-state index contributed by atoms with van der Waals surface area (Å²) in [6.07, 6.45) is 0. The average Bonchev–Trinajstić information content (AvgIpc) is 3.37. The number of rotatable bonds is 7. The first-order valence-corrected chi connectivity index (χ1v) is 10.1. The molecule has 168 valence electrons. The van der Waals surface area contributed by atoms with Crippen molar-refractivity contribution in [1.29, 1.82) is 0 Å². The zero-order valence-electron chi connectivity index (χ0n) is 18.0. The minimum absolute atomic E-state index is 0.118. The summed E-state index contributed by atoms with van der Waals surface area (Å²) in [4.78, 5) is 38.3. The van der Waals surface area contributed by atoms with E-state index in [9.17, 15) is 14.4 Å². The van der Waals surface area contributed by atoms with Gasteiger partial charge in [-0.05, 0) is 24.3 Å². The summed E-state index contributed by atoms with van der Waals surface area (Å²) >= 11 is 0. The maximum absolute atomic E-state index is 12.8. The molecule has 4 aromatic rings. The molecule has 0 radical (unpaired) electrons. The van der Waals surface area contributed by atoms with Gasteiger partial charge in [0.25, 0.3) is 11.5 Å². The molecular formula is C22H21N7O4. The third kappa shape index (κ3) is 4.71. The van der Waals surface area contributed by atoms with Crippen LogP contribution in [0.15, 0.2) is 65.5 Å². The Morgan fingerprint density at radius 3 is 2.39 bits per heavy atom. The van der Waals surface area contributed by atoms with Gasteiger partial charge >= 0.3 is 5.97 Å². The van der Waals surface area contributed by atoms with Gasteiger partial charge in [0.1, 0.15) is 5.69 Å². The maximum Gasteiger partial charge on any atom is 0.330 e. The first kappa shape index (κ1) is 21.7. The van der Waals surface area contributed by atoms with E-state index in [1.54, 1.807) is 30.8 Å². The Labute approximate surface area is 188 Å². The van der Waals surface area contributed by atoms with Crippen LogP contribution in [0.25, 0.3) is 17.1 Å². The number of anilines is 1. The lowest BCUT2D eigenvalue weighted by Gasteiger charge is -2.07. The molecule has 2 heterocycles. The van der Waals surface area contributed by atoms with E-state index in [1.807, 2.05) is 48.5 Å². The molecule has 1 N–H and O–H groups in total. The number of para-hydroxylation sites is 1. The highest BCUT2D eigenvalue weighted by atomic mass is 16.5. The fourth-order valence-corrected chi connectivity index (χ4v) is 3.21. The molecule has 0 bridgehead atoms. The zero-order valence-corrected chi connectivity index (χ0v) is 18.0. The molecule has 4 rings (SSSR count). The van der Waals surface area contributed by atoms with E-state index >= 15 is 0 Å². The molecule has 0 saturated carbocycles. The Hall–Kier alpha value is -4.54. The molecule has 0 aliphatic rings. The largest absolute Gasteiger partial charge is 0.454 e. The molecule has 0 fully saturated rings. The first-order valence-electron chi connectivity index (χ1n) is 10.1. The minimum atomic E-state index is -0.714. The normalized spacial score (nSPS) is 10.7. The molecule has 2 aromatic carbocycles. The Kier molecular flexibility index (Phi) is 6.11. The molecule has 1 amide bonds. The van der Waals surface area contributed by atoms with E-state index in [0.29, 0.717) is 17.2 Å². The number of carbonyl (C=O) groups is 2. The van der Waals surface area contributed by atoms with Gasteiger partial charge in [0.05, 0.1) is 11.4 Å². The van der Waals surface area contributed by atoms with E-state index in [1.165, 1.54) is 4.68 Å². The number of nitrogens with one attached hydrogen (secondary N) is 1. The summed E-state index contributed by atoms with van der Waals surface area (Å²) in [5, 5.41) is 14.4. The van der Waals surface area contributed by atoms with E-state index in [4.69, 9.17) is 4.74 Å². The van der Waals surface area contributed by atoms with Gasteiger partial charge in [-0.15, -0.1) is 10.2 Å². The van der Waals surface area contributed by atoms with Crippen LogP contribution in [0.2, 0.25) is 0 Å². The smallest absolute Gasteiger partial charge is 0.330 e. The van der Waals surface area contributed by atoms with Gasteiger partial charge in [0.2, 0.25) is 5.82 Å². The van der Waals surface area contributed by atoms with Crippen molar-refractivity contribution in [2.45, 2.75) is 13.5 Å². The van der Waals surface area contributed by atoms with Crippen molar-refractivity contribution in [2.24, 2.45) is 7.05 Å². The van der Waals surface area contributed by atoms with Crippen LogP contribution in [0.5, 0.6) is 0 Å². The van der Waals surface area contributed by atoms with Gasteiger partial charge in [-0.1, -0.05) is 48.5 Å². The lowest BCUT2D eigenvalue weighted by Crippen LogP contribution is -2.27. The van der Waals surface area contributed by atoms with Crippen LogP contribution >= 0.6 is 0 Å². The van der Waals surface area contributed by atoms with Crippen molar-refractivity contribution in [3.8, 4) is 17.1 Å². The van der Waals surface area contributed by atoms with Crippen molar-refractivity contribution < 1.29 is 14.3 Å². The summed E-state index contributed by atoms with van der Waals surface area (Å²) in [6, 6.07) is 18.2. The SMILES string of the molecule is Cc1c(NC(=O)COC(=O)Cn2nnc(-c3ccccc3)n2)c(=O)n(-c2ccccc2)n1C. The van der Waals surface area contributed by atoms with Crippen molar-refractivity contribution in [1.82, 2.24) is 29.6 Å². The summed E-state index contributed by atoms with van der Waals surface area (Å²) < 4.78 is 8.08. The third-order valence-corrected chi connectivity index (χ3v) is 4.94. The Bertz CT molecular complexity index is 1340. The number of tetrazole rings is 1. The number of nitrogens with zero attached hydrogens (tertiary/aromatic N) is 6. The predicted molar refractivity (Wildman–Crippen MR) is 119 cm³/mol. The summed E-state index contributed by atoms with van der Waals surface area (Å²) in [5.74, 6) is -0.977. The average molecular weight is 447 g/mol. The molecule has 33 heavy (non-hydrogen) atoms. The number of carbonyl (C=O) groups excluding carboxylic acids is 2. The van der Waals surface area contributed by atoms with Crippen molar-refractivity contribution >= 4 is 17.6 Å². The Morgan fingerprint density at radius 2 is 1.70 bits per heavy atom. The number of esters is 1. The van der Waals surface area contributed by atoms with Gasteiger partial charge in [0.15, 0.2) is 13.2 Å². The van der Waals surface area contributed by atoms with Crippen molar-refractivity contribution in [2.75, 3.05) is 11.9 Å². The summed E-state index contributed by atoms with van der Waals surface area (Å²) in [5.41, 5.74) is 1.71. The number of aromatic nitrogens is 6. The van der Waals surface area contributed by atoms with E-state index in [0.717, 1.165) is 10.4 Å². The highest BCUT2D eigenvalue weighted by Crippen LogP contribution is 2.14. The van der Waals surface area contributed by atoms with Crippen LogP contribution < -0.4 is 10.9 Å². The standard InChI is InChI=1S/C22H21N7O4/c1-15-20(22(32)29(27(15)2)17-11-7-4-8-12-17)23-18(30)14-33-19(31)13-28-25-21(24-26-28)16-9-5-3-6-10-16/h3-12H,13-14H2,1-2H3,(H,23,30). The molecule has 11 heteroatoms. The fourth-order valence-electron chi connectivity index (χ4n) is 3.21. The highest BCUT2D eigenvalue weighted by molar-refractivity contribution is 5.93. The summed E-state index contributed by atoms with van der Waals surface area (Å²) in [7, 11) is 1.72. The maximum atomic E-state index is 12.8. The second-order valence-electron chi connectivity index (χ2n) is 7.15. The number of benzene rings is 2. The Balaban J connectivity index is 1.36. The van der Waals surface area contributed by atoms with Gasteiger partial charge < -0.3 is 10.1 Å². The monoisotopic (exact) mass is 447 g/mol. The number of amides is 1. The van der Waals surface area contributed by atoms with Crippen LogP contribution in [0.4, 0.5) is 5.69 Å². The molecule has 2 aromatic heterocycles. The molecule has 0 aliphatic carbocycles. The lowest BCUT2D eigenvalue weighted by atomic mass is 10.2. The Morgan fingerprint density at radius 1 is 1.03 bits per heavy atom. The molecule has 0 spiro atoms. The van der Waals surface area contributed by atoms with Crippen molar-refractivity contribution in [3.63, 3.8) is 0 Å². The molecule has 0 aliphatic heterocycles. The number of ether oxygens (including phenoxy) is 1. The zero-order chi connectivity index (χ0) is 23.4. The predicted octanol–water partition coefficient (Wildman–Crippen LogP) is 1.32. The van der Waals surface area contributed by atoms with Crippen LogP contribution in [0, 0.1) is 6.92 Å². The second-order valence-corrected chi connectivity index (χ2v) is 7.15. The summed E-state index contributed by atoms with van der Waals surface area (Å²) in [6.45, 7) is 0.847. The van der Waals surface area contributed by atoms with Crippen LogP contribution in [-0.2, 0) is 27.9 Å². The molecule has 0 atom stereocenters. The van der Waals surface area contributed by atoms with Crippen LogP contribution in [0.1, 0.15) is 5.69 Å². The fraction of sp³-hybridized carbons (Fsp3) is 0.182. The van der Waals surface area contributed by atoms with E-state index in [2.05, 4.69) is 20.7 Å². The quantitative estimate of drug-likeness (QED) is 0.424.